The molecular formula is C21H16F3NO6. The van der Waals surface area contributed by atoms with Crippen molar-refractivity contribution in [1.82, 2.24) is 5.32 Å². The maximum Gasteiger partial charge on any atom is 0.417 e. The Hall–Kier alpha value is -3.69. The third-order valence-electron chi connectivity index (χ3n) is 4.61. The van der Waals surface area contributed by atoms with E-state index in [0.29, 0.717) is 17.6 Å². The number of benzene rings is 2. The van der Waals surface area contributed by atoms with Gasteiger partial charge in [0, 0.05) is 24.1 Å². The molecule has 0 bridgehead atoms. The number of ether oxygens (including phenoxy) is 3. The Bertz CT molecular complexity index is 1200. The smallest absolute Gasteiger partial charge is 0.417 e. The van der Waals surface area contributed by atoms with Gasteiger partial charge in [-0.3, -0.25) is 4.79 Å². The SMILES string of the molecule is CC(Oc1ccc2c(C(F)(F)F)cc(=O)oc2c1)C(=O)NCc1ccc2c(c1)OCO2. The summed E-state index contributed by atoms with van der Waals surface area (Å²) < 4.78 is 60.3. The van der Waals surface area contributed by atoms with Gasteiger partial charge in [-0.2, -0.15) is 13.2 Å². The maximum atomic E-state index is 13.1. The van der Waals surface area contributed by atoms with Crippen molar-refractivity contribution in [2.24, 2.45) is 0 Å². The topological polar surface area (TPSA) is 87.0 Å². The van der Waals surface area contributed by atoms with Crippen LogP contribution in [-0.4, -0.2) is 18.8 Å². The molecule has 1 aliphatic rings. The third kappa shape index (κ3) is 4.42. The molecule has 0 saturated heterocycles. The van der Waals surface area contributed by atoms with Crippen LogP contribution in [0.3, 0.4) is 0 Å². The Morgan fingerprint density at radius 2 is 1.90 bits per heavy atom. The van der Waals surface area contributed by atoms with Crippen molar-refractivity contribution in [2.45, 2.75) is 25.7 Å². The highest BCUT2D eigenvalue weighted by Gasteiger charge is 2.34. The van der Waals surface area contributed by atoms with E-state index in [0.717, 1.165) is 17.7 Å². The summed E-state index contributed by atoms with van der Waals surface area (Å²) in [5.41, 5.74) is -1.73. The second kappa shape index (κ2) is 7.86. The normalized spacial score (nSPS) is 13.8. The van der Waals surface area contributed by atoms with E-state index in [-0.39, 0.29) is 30.1 Å². The molecule has 1 aromatic heterocycles. The van der Waals surface area contributed by atoms with E-state index in [1.807, 2.05) is 0 Å². The summed E-state index contributed by atoms with van der Waals surface area (Å²) in [7, 11) is 0. The molecule has 2 heterocycles. The molecule has 10 heteroatoms. The first-order chi connectivity index (χ1) is 14.7. The second-order valence-corrected chi connectivity index (χ2v) is 6.80. The summed E-state index contributed by atoms with van der Waals surface area (Å²) in [5, 5.41) is 2.42. The molecular weight excluding hydrogens is 419 g/mol. The number of halogens is 3. The van der Waals surface area contributed by atoms with E-state index in [9.17, 15) is 22.8 Å². The summed E-state index contributed by atoms with van der Waals surface area (Å²) in [6, 6.07) is 9.22. The summed E-state index contributed by atoms with van der Waals surface area (Å²) in [6.45, 7) is 1.85. The van der Waals surface area contributed by atoms with Gasteiger partial charge in [0.25, 0.3) is 5.91 Å². The lowest BCUT2D eigenvalue weighted by Gasteiger charge is -2.16. The van der Waals surface area contributed by atoms with Crippen LogP contribution in [0.1, 0.15) is 18.1 Å². The largest absolute Gasteiger partial charge is 0.481 e. The average molecular weight is 435 g/mol. The first-order valence-corrected chi connectivity index (χ1v) is 9.19. The molecule has 1 atom stereocenters. The van der Waals surface area contributed by atoms with Gasteiger partial charge in [-0.25, -0.2) is 4.79 Å². The quantitative estimate of drug-likeness (QED) is 0.616. The number of carbonyl (C=O) groups excluding carboxylic acids is 1. The lowest BCUT2D eigenvalue weighted by molar-refractivity contribution is -0.136. The van der Waals surface area contributed by atoms with Gasteiger partial charge in [-0.15, -0.1) is 0 Å². The molecule has 0 radical (unpaired) electrons. The van der Waals surface area contributed by atoms with Crippen molar-refractivity contribution in [2.75, 3.05) is 6.79 Å². The van der Waals surface area contributed by atoms with Gasteiger partial charge < -0.3 is 23.9 Å². The molecule has 1 unspecified atom stereocenters. The highest BCUT2D eigenvalue weighted by molar-refractivity contribution is 5.83. The third-order valence-corrected chi connectivity index (χ3v) is 4.61. The Kier molecular flexibility index (Phi) is 5.22. The zero-order chi connectivity index (χ0) is 22.2. The number of nitrogens with one attached hydrogen (secondary N) is 1. The highest BCUT2D eigenvalue weighted by Crippen LogP contribution is 2.35. The van der Waals surface area contributed by atoms with Gasteiger partial charge in [-0.1, -0.05) is 6.07 Å². The van der Waals surface area contributed by atoms with Crippen LogP contribution in [0.25, 0.3) is 11.0 Å². The monoisotopic (exact) mass is 435 g/mol. The van der Waals surface area contributed by atoms with Crippen LogP contribution in [0.5, 0.6) is 17.2 Å². The first-order valence-electron chi connectivity index (χ1n) is 9.19. The lowest BCUT2D eigenvalue weighted by Crippen LogP contribution is -2.35. The Balaban J connectivity index is 1.44. The van der Waals surface area contributed by atoms with Crippen LogP contribution in [-0.2, 0) is 17.5 Å². The molecule has 1 N–H and O–H groups in total. The predicted molar refractivity (Wildman–Crippen MR) is 102 cm³/mol. The molecule has 2 aromatic carbocycles. The van der Waals surface area contributed by atoms with Gasteiger partial charge in [0.1, 0.15) is 11.3 Å². The zero-order valence-electron chi connectivity index (χ0n) is 16.1. The number of hydrogen-bond donors (Lipinski definition) is 1. The van der Waals surface area contributed by atoms with Gasteiger partial charge in [0.15, 0.2) is 17.6 Å². The van der Waals surface area contributed by atoms with E-state index in [4.69, 9.17) is 18.6 Å². The number of fused-ring (bicyclic) bond motifs is 2. The Morgan fingerprint density at radius 1 is 1.13 bits per heavy atom. The second-order valence-electron chi connectivity index (χ2n) is 6.80. The van der Waals surface area contributed by atoms with Gasteiger partial charge in [0.05, 0.1) is 5.56 Å². The van der Waals surface area contributed by atoms with Crippen LogP contribution in [0.15, 0.2) is 51.7 Å². The fourth-order valence-corrected chi connectivity index (χ4v) is 3.09. The van der Waals surface area contributed by atoms with E-state index in [1.54, 1.807) is 18.2 Å². The van der Waals surface area contributed by atoms with Crippen molar-refractivity contribution in [3.8, 4) is 17.2 Å². The van der Waals surface area contributed by atoms with Crippen LogP contribution >= 0.6 is 0 Å². The van der Waals surface area contributed by atoms with Crippen molar-refractivity contribution in [3.63, 3.8) is 0 Å². The maximum absolute atomic E-state index is 13.1. The Labute approximate surface area is 173 Å². The standard InChI is InChI=1S/C21H16F3NO6/c1-11(20(27)25-9-12-2-5-16-18(6-12)29-10-28-16)30-13-3-4-14-15(21(22,23)24)8-19(26)31-17(14)7-13/h2-8,11H,9-10H2,1H3,(H,25,27). The molecule has 0 spiro atoms. The van der Waals surface area contributed by atoms with E-state index >= 15 is 0 Å². The molecule has 31 heavy (non-hydrogen) atoms. The van der Waals surface area contributed by atoms with Gasteiger partial charge >= 0.3 is 11.8 Å². The molecule has 1 amide bonds. The minimum Gasteiger partial charge on any atom is -0.481 e. The summed E-state index contributed by atoms with van der Waals surface area (Å²) in [5.74, 6) is 0.860. The first kappa shape index (κ1) is 20.6. The van der Waals surface area contributed by atoms with Gasteiger partial charge in [-0.05, 0) is 36.8 Å². The van der Waals surface area contributed by atoms with E-state index in [2.05, 4.69) is 5.32 Å². The van der Waals surface area contributed by atoms with Crippen LogP contribution in [0, 0.1) is 0 Å². The molecule has 4 rings (SSSR count). The van der Waals surface area contributed by atoms with E-state index < -0.39 is 29.4 Å². The summed E-state index contributed by atoms with van der Waals surface area (Å²) >= 11 is 0. The fourth-order valence-electron chi connectivity index (χ4n) is 3.09. The Morgan fingerprint density at radius 3 is 2.68 bits per heavy atom. The van der Waals surface area contributed by atoms with Gasteiger partial charge in [0.2, 0.25) is 6.79 Å². The van der Waals surface area contributed by atoms with Crippen molar-refractivity contribution in [3.05, 3.63) is 64.0 Å². The van der Waals surface area contributed by atoms with Crippen molar-refractivity contribution in [1.29, 1.82) is 0 Å². The molecule has 7 nitrogen and oxygen atoms in total. The number of alkyl halides is 3. The highest BCUT2D eigenvalue weighted by atomic mass is 19.4. The minimum absolute atomic E-state index is 0.0840. The number of carbonyl (C=O) groups is 1. The molecule has 162 valence electrons. The fraction of sp³-hybridized carbons (Fsp3) is 0.238. The van der Waals surface area contributed by atoms with Crippen LogP contribution in [0.2, 0.25) is 0 Å². The van der Waals surface area contributed by atoms with Crippen LogP contribution < -0.4 is 25.2 Å². The molecule has 0 aliphatic carbocycles. The number of hydrogen-bond acceptors (Lipinski definition) is 6. The molecule has 0 saturated carbocycles. The van der Waals surface area contributed by atoms with Crippen molar-refractivity contribution >= 4 is 16.9 Å². The lowest BCUT2D eigenvalue weighted by atomic mass is 10.1. The molecule has 1 aliphatic heterocycles. The summed E-state index contributed by atoms with van der Waals surface area (Å²) in [4.78, 5) is 23.8. The van der Waals surface area contributed by atoms with Crippen LogP contribution in [0.4, 0.5) is 13.2 Å². The number of amides is 1. The van der Waals surface area contributed by atoms with Crippen molar-refractivity contribution < 1.29 is 36.6 Å². The van der Waals surface area contributed by atoms with E-state index in [1.165, 1.54) is 13.0 Å². The molecule has 3 aromatic rings. The number of rotatable bonds is 5. The zero-order valence-corrected chi connectivity index (χ0v) is 16.1. The minimum atomic E-state index is -4.71. The predicted octanol–water partition coefficient (Wildman–Crippen LogP) is 3.62. The average Bonchev–Trinajstić information content (AvgIpc) is 3.18. The summed E-state index contributed by atoms with van der Waals surface area (Å²) in [6.07, 6.45) is -5.66. The molecule has 0 fully saturated rings.